The predicted octanol–water partition coefficient (Wildman–Crippen LogP) is 5.15. The van der Waals surface area contributed by atoms with Crippen molar-refractivity contribution in [2.24, 2.45) is 0 Å². The minimum Gasteiger partial charge on any atom is -0.345 e. The molecule has 0 aliphatic heterocycles. The number of nitrogens with zero attached hydrogens (tertiary/aromatic N) is 1. The highest BCUT2D eigenvalue weighted by atomic mass is 32.2. The molecular weight excluding hydrogens is 384 g/mol. The molecule has 4 rings (SSSR count). The van der Waals surface area contributed by atoms with Gasteiger partial charge in [0, 0.05) is 0 Å². The fourth-order valence-corrected chi connectivity index (χ4v) is 6.72. The van der Waals surface area contributed by atoms with E-state index in [1.807, 2.05) is 36.8 Å². The minimum absolute atomic E-state index is 0.310. The van der Waals surface area contributed by atoms with E-state index in [1.165, 1.54) is 23.1 Å². The minimum atomic E-state index is -3.55. The van der Waals surface area contributed by atoms with Gasteiger partial charge in [-0.1, -0.05) is 12.1 Å². The highest BCUT2D eigenvalue weighted by molar-refractivity contribution is 8.01. The normalized spacial score (nSPS) is 11.9. The zero-order chi connectivity index (χ0) is 18.3. The number of sulfone groups is 1. The van der Waals surface area contributed by atoms with E-state index in [4.69, 9.17) is 0 Å². The van der Waals surface area contributed by atoms with Gasteiger partial charge in [-0.15, -0.1) is 23.1 Å². The number of fused-ring (bicyclic) bond motifs is 1. The summed E-state index contributed by atoms with van der Waals surface area (Å²) in [5.74, 6) is 0. The van der Waals surface area contributed by atoms with Crippen molar-refractivity contribution in [3.8, 4) is 11.1 Å². The molecule has 0 unspecified atom stereocenters. The average Bonchev–Trinajstić information content (AvgIpc) is 3.29. The van der Waals surface area contributed by atoms with Crippen molar-refractivity contribution >= 4 is 44.0 Å². The zero-order valence-corrected chi connectivity index (χ0v) is 16.6. The summed E-state index contributed by atoms with van der Waals surface area (Å²) >= 11 is 2.91. The quantitative estimate of drug-likeness (QED) is 0.481. The summed E-state index contributed by atoms with van der Waals surface area (Å²) in [5, 5.41) is 1.82. The molecule has 4 nitrogen and oxygen atoms in total. The number of rotatable bonds is 4. The molecule has 2 aromatic carbocycles. The Hall–Kier alpha value is -2.09. The fraction of sp³-hybridized carbons (Fsp3) is 0.105. The molecule has 0 saturated heterocycles. The summed E-state index contributed by atoms with van der Waals surface area (Å²) < 4.78 is 27.0. The van der Waals surface area contributed by atoms with Gasteiger partial charge in [0.2, 0.25) is 9.84 Å². The number of hydrogen-bond acceptors (Lipinski definition) is 5. The Kier molecular flexibility index (Phi) is 4.38. The summed E-state index contributed by atoms with van der Waals surface area (Å²) in [6, 6.07) is 12.8. The van der Waals surface area contributed by atoms with Crippen molar-refractivity contribution in [3.05, 3.63) is 59.7 Å². The first-order valence-electron chi connectivity index (χ1n) is 7.91. The van der Waals surface area contributed by atoms with Gasteiger partial charge in [0.15, 0.2) is 0 Å². The average molecular weight is 401 g/mol. The van der Waals surface area contributed by atoms with Gasteiger partial charge in [-0.3, -0.25) is 0 Å². The lowest BCUT2D eigenvalue weighted by Gasteiger charge is -2.10. The van der Waals surface area contributed by atoms with E-state index in [0.29, 0.717) is 9.79 Å². The Morgan fingerprint density at radius 2 is 2.00 bits per heavy atom. The Labute approximate surface area is 160 Å². The summed E-state index contributed by atoms with van der Waals surface area (Å²) in [5.41, 5.74) is 4.75. The molecule has 0 amide bonds. The van der Waals surface area contributed by atoms with Gasteiger partial charge in [0.25, 0.3) is 0 Å². The molecule has 7 heteroatoms. The van der Waals surface area contributed by atoms with Gasteiger partial charge >= 0.3 is 0 Å². The van der Waals surface area contributed by atoms with Crippen LogP contribution in [0, 0.1) is 6.92 Å². The van der Waals surface area contributed by atoms with Crippen LogP contribution >= 0.6 is 23.1 Å². The second kappa shape index (κ2) is 6.57. The largest absolute Gasteiger partial charge is 0.345 e. The van der Waals surface area contributed by atoms with Crippen LogP contribution in [0.5, 0.6) is 0 Å². The molecule has 4 aromatic rings. The molecule has 2 heterocycles. The smallest absolute Gasteiger partial charge is 0.208 e. The maximum atomic E-state index is 13.1. The number of H-pyrrole nitrogens is 1. The van der Waals surface area contributed by atoms with Gasteiger partial charge in [-0.05, 0) is 65.6 Å². The van der Waals surface area contributed by atoms with Crippen LogP contribution in [0.2, 0.25) is 0 Å². The van der Waals surface area contributed by atoms with E-state index in [2.05, 4.69) is 9.97 Å². The molecule has 0 bridgehead atoms. The van der Waals surface area contributed by atoms with Gasteiger partial charge in [0.05, 0.1) is 31.4 Å². The van der Waals surface area contributed by atoms with E-state index >= 15 is 0 Å². The van der Waals surface area contributed by atoms with E-state index in [-0.39, 0.29) is 0 Å². The van der Waals surface area contributed by atoms with Crippen LogP contribution in [0.3, 0.4) is 0 Å². The van der Waals surface area contributed by atoms with Crippen molar-refractivity contribution < 1.29 is 8.42 Å². The predicted molar refractivity (Wildman–Crippen MR) is 108 cm³/mol. The van der Waals surface area contributed by atoms with Crippen LogP contribution < -0.4 is 0 Å². The first-order valence-corrected chi connectivity index (χ1v) is 11.5. The van der Waals surface area contributed by atoms with Gasteiger partial charge in [-0.2, -0.15) is 0 Å². The number of imidazole rings is 1. The molecule has 0 fully saturated rings. The second-order valence-corrected chi connectivity index (χ2v) is 9.80. The maximum Gasteiger partial charge on any atom is 0.208 e. The molecular formula is C19H16N2O2S3. The van der Waals surface area contributed by atoms with Gasteiger partial charge in [-0.25, -0.2) is 13.4 Å². The van der Waals surface area contributed by atoms with Crippen molar-refractivity contribution in [2.45, 2.75) is 20.9 Å². The molecule has 0 aliphatic rings. The zero-order valence-electron chi connectivity index (χ0n) is 14.2. The van der Waals surface area contributed by atoms with E-state index in [0.717, 1.165) is 31.9 Å². The SMILES string of the molecule is CSc1sccc1S(=O)(=O)c1cccc(-c2cc3nc[nH]c3cc2C)c1. The third-order valence-electron chi connectivity index (χ3n) is 4.29. The number of benzene rings is 2. The fourth-order valence-electron chi connectivity index (χ4n) is 2.99. The van der Waals surface area contributed by atoms with Crippen LogP contribution in [0.15, 0.2) is 68.2 Å². The molecule has 0 aliphatic carbocycles. The third kappa shape index (κ3) is 2.86. The number of aryl methyl sites for hydroxylation is 1. The van der Waals surface area contributed by atoms with Crippen molar-refractivity contribution in [1.82, 2.24) is 9.97 Å². The highest BCUT2D eigenvalue weighted by Gasteiger charge is 2.22. The van der Waals surface area contributed by atoms with Crippen LogP contribution in [-0.4, -0.2) is 24.6 Å². The summed E-state index contributed by atoms with van der Waals surface area (Å²) in [7, 11) is -3.55. The third-order valence-corrected chi connectivity index (χ3v) is 8.43. The lowest BCUT2D eigenvalue weighted by atomic mass is 10.00. The number of thiophene rings is 1. The summed E-state index contributed by atoms with van der Waals surface area (Å²) in [4.78, 5) is 8.09. The highest BCUT2D eigenvalue weighted by Crippen LogP contribution is 2.35. The van der Waals surface area contributed by atoms with Crippen LogP contribution in [0.25, 0.3) is 22.2 Å². The molecule has 2 aromatic heterocycles. The number of thioether (sulfide) groups is 1. The topological polar surface area (TPSA) is 62.8 Å². The van der Waals surface area contributed by atoms with Crippen LogP contribution in [-0.2, 0) is 9.84 Å². The lowest BCUT2D eigenvalue weighted by Crippen LogP contribution is -2.02. The number of nitrogens with one attached hydrogen (secondary N) is 1. The molecule has 0 atom stereocenters. The number of aromatic nitrogens is 2. The van der Waals surface area contributed by atoms with E-state index in [1.54, 1.807) is 30.6 Å². The van der Waals surface area contributed by atoms with Crippen LogP contribution in [0.4, 0.5) is 0 Å². The number of aromatic amines is 1. The second-order valence-electron chi connectivity index (χ2n) is 5.89. The van der Waals surface area contributed by atoms with E-state index < -0.39 is 9.84 Å². The van der Waals surface area contributed by atoms with Crippen molar-refractivity contribution in [1.29, 1.82) is 0 Å². The Morgan fingerprint density at radius 1 is 1.15 bits per heavy atom. The van der Waals surface area contributed by atoms with Crippen molar-refractivity contribution in [3.63, 3.8) is 0 Å². The van der Waals surface area contributed by atoms with Crippen LogP contribution in [0.1, 0.15) is 5.56 Å². The molecule has 0 radical (unpaired) electrons. The molecule has 0 spiro atoms. The summed E-state index contributed by atoms with van der Waals surface area (Å²) in [6.45, 7) is 2.02. The van der Waals surface area contributed by atoms with Gasteiger partial charge in [0.1, 0.15) is 0 Å². The standard InChI is InChI=1S/C19H16N2O2S3/c1-12-8-16-17(21-11-20-16)10-15(12)13-4-3-5-14(9-13)26(22,23)18-6-7-25-19(18)24-2/h3-11H,1-2H3,(H,20,21). The molecule has 132 valence electrons. The number of hydrogen-bond donors (Lipinski definition) is 1. The van der Waals surface area contributed by atoms with Gasteiger partial charge < -0.3 is 4.98 Å². The Balaban J connectivity index is 1.85. The lowest BCUT2D eigenvalue weighted by molar-refractivity contribution is 0.595. The Morgan fingerprint density at radius 3 is 2.81 bits per heavy atom. The van der Waals surface area contributed by atoms with E-state index in [9.17, 15) is 8.42 Å². The molecule has 0 saturated carbocycles. The summed E-state index contributed by atoms with van der Waals surface area (Å²) in [6.07, 6.45) is 3.55. The molecule has 26 heavy (non-hydrogen) atoms. The van der Waals surface area contributed by atoms with Crippen molar-refractivity contribution in [2.75, 3.05) is 6.26 Å². The monoisotopic (exact) mass is 400 g/mol. The molecule has 1 N–H and O–H groups in total. The first-order chi connectivity index (χ1) is 12.5. The Bertz CT molecular complexity index is 1210. The maximum absolute atomic E-state index is 13.1. The first kappa shape index (κ1) is 17.3.